The summed E-state index contributed by atoms with van der Waals surface area (Å²) < 4.78 is 8.85. The van der Waals surface area contributed by atoms with Crippen molar-refractivity contribution in [3.8, 4) is 11.5 Å². The third-order valence-electron chi connectivity index (χ3n) is 11.6. The van der Waals surface area contributed by atoms with Crippen LogP contribution in [0.5, 0.6) is 11.5 Å². The van der Waals surface area contributed by atoms with Crippen LogP contribution in [0.15, 0.2) is 251 Å². The van der Waals surface area contributed by atoms with Crippen LogP contribution >= 0.6 is 23.5 Å². The van der Waals surface area contributed by atoms with Gasteiger partial charge in [-0.15, -0.1) is 23.5 Å². The van der Waals surface area contributed by atoms with E-state index in [1.807, 2.05) is 206 Å². The summed E-state index contributed by atoms with van der Waals surface area (Å²) in [6, 6.07) is 75.2. The van der Waals surface area contributed by atoms with Crippen molar-refractivity contribution >= 4 is 58.1 Å². The Morgan fingerprint density at radius 3 is 1.00 bits per heavy atom. The van der Waals surface area contributed by atoms with Crippen LogP contribution in [0.4, 0.5) is 11.4 Å². The van der Waals surface area contributed by atoms with Crippen LogP contribution in [0.25, 0.3) is 0 Å². The minimum absolute atomic E-state index is 0.0535. The standard InChI is InChI=1S/2C29H24N2O2S/c2*1-33-25-19-17-23(18-20-25)27-29(21-22-11-5-2-6-12-22,34-26-15-9-4-10-16-26)28(32)31(30-27)24-13-7-3-8-14-24/h2*2-20H,21H2,1H3/t2*29-/m11/s1. The smallest absolute Gasteiger partial charge is 0.270 e. The van der Waals surface area contributed by atoms with Crippen LogP contribution in [0.1, 0.15) is 22.3 Å². The number of hydrazone groups is 2. The first kappa shape index (κ1) is 45.5. The molecule has 0 spiro atoms. The summed E-state index contributed by atoms with van der Waals surface area (Å²) in [6.07, 6.45) is 1.03. The van der Waals surface area contributed by atoms with E-state index < -0.39 is 9.49 Å². The Morgan fingerprint density at radius 1 is 0.397 bits per heavy atom. The molecular formula is C58H48N4O4S2. The Bertz CT molecular complexity index is 2710. The second kappa shape index (κ2) is 20.9. The van der Waals surface area contributed by atoms with Crippen LogP contribution in [0, 0.1) is 0 Å². The Balaban J connectivity index is 0.000000170. The Kier molecular flexibility index (Phi) is 14.0. The largest absolute Gasteiger partial charge is 0.497 e. The van der Waals surface area contributed by atoms with Gasteiger partial charge in [0.05, 0.1) is 37.0 Å². The van der Waals surface area contributed by atoms with E-state index in [-0.39, 0.29) is 11.8 Å². The van der Waals surface area contributed by atoms with Gasteiger partial charge in [-0.25, -0.2) is 0 Å². The minimum Gasteiger partial charge on any atom is -0.497 e. The maximum Gasteiger partial charge on any atom is 0.270 e. The molecule has 10 rings (SSSR count). The van der Waals surface area contributed by atoms with Gasteiger partial charge >= 0.3 is 0 Å². The summed E-state index contributed by atoms with van der Waals surface area (Å²) in [6.45, 7) is 0. The van der Waals surface area contributed by atoms with Crippen LogP contribution in [-0.2, 0) is 22.4 Å². The van der Waals surface area contributed by atoms with Gasteiger partial charge < -0.3 is 9.47 Å². The quantitative estimate of drug-likeness (QED) is 0.108. The molecule has 2 aliphatic heterocycles. The molecule has 0 saturated heterocycles. The molecule has 336 valence electrons. The SMILES string of the molecule is COc1ccc(C2=NN(c3ccccc3)C(=O)[C@]2(Cc2ccccc2)Sc2ccccc2)cc1.COc1ccc(C2=NN(c3ccccc3)C(=O)[C@]2(Cc2ccccc2)Sc2ccccc2)cc1. The highest BCUT2D eigenvalue weighted by atomic mass is 32.2. The highest BCUT2D eigenvalue weighted by Gasteiger charge is 2.54. The van der Waals surface area contributed by atoms with E-state index in [0.29, 0.717) is 12.8 Å². The number of benzene rings is 8. The Labute approximate surface area is 406 Å². The predicted octanol–water partition coefficient (Wildman–Crippen LogP) is 12.4. The number of hydrogen-bond acceptors (Lipinski definition) is 8. The minimum atomic E-state index is -0.937. The van der Waals surface area contributed by atoms with Crippen LogP contribution in [0.3, 0.4) is 0 Å². The fourth-order valence-corrected chi connectivity index (χ4v) is 11.0. The van der Waals surface area contributed by atoms with Crippen molar-refractivity contribution in [2.45, 2.75) is 32.1 Å². The lowest BCUT2D eigenvalue weighted by Crippen LogP contribution is -2.46. The number of thioether (sulfide) groups is 2. The van der Waals surface area contributed by atoms with Crippen LogP contribution in [0.2, 0.25) is 0 Å². The first-order chi connectivity index (χ1) is 33.4. The van der Waals surface area contributed by atoms with E-state index in [1.54, 1.807) is 47.8 Å². The summed E-state index contributed by atoms with van der Waals surface area (Å²) in [5.74, 6) is 1.42. The van der Waals surface area contributed by atoms with Gasteiger partial charge in [0.1, 0.15) is 21.0 Å². The highest BCUT2D eigenvalue weighted by molar-refractivity contribution is 8.02. The monoisotopic (exact) mass is 928 g/mol. The van der Waals surface area contributed by atoms with E-state index in [2.05, 4.69) is 24.3 Å². The van der Waals surface area contributed by atoms with Gasteiger partial charge in [-0.3, -0.25) is 9.59 Å². The lowest BCUT2D eigenvalue weighted by molar-refractivity contribution is -0.119. The Hall–Kier alpha value is -7.66. The zero-order valence-corrected chi connectivity index (χ0v) is 39.2. The van der Waals surface area contributed by atoms with Crippen LogP contribution < -0.4 is 19.5 Å². The number of carbonyl (C=O) groups is 2. The van der Waals surface area contributed by atoms with Gasteiger partial charge in [0.2, 0.25) is 0 Å². The van der Waals surface area contributed by atoms with Crippen molar-refractivity contribution in [1.29, 1.82) is 0 Å². The molecule has 8 aromatic carbocycles. The average molecular weight is 929 g/mol. The fraction of sp³-hybridized carbons (Fsp3) is 0.103. The molecule has 10 heteroatoms. The van der Waals surface area contributed by atoms with Crippen molar-refractivity contribution in [2.24, 2.45) is 10.2 Å². The topological polar surface area (TPSA) is 83.8 Å². The van der Waals surface area contributed by atoms with Crippen LogP contribution in [-0.4, -0.2) is 47.0 Å². The molecule has 2 aliphatic rings. The molecule has 0 aliphatic carbocycles. The van der Waals surface area contributed by atoms with Crippen molar-refractivity contribution in [1.82, 2.24) is 0 Å². The van der Waals surface area contributed by atoms with Gasteiger partial charge in [0, 0.05) is 33.8 Å². The second-order valence-corrected chi connectivity index (χ2v) is 18.8. The third kappa shape index (κ3) is 9.74. The summed E-state index contributed by atoms with van der Waals surface area (Å²) in [4.78, 5) is 30.7. The maximum atomic E-state index is 14.3. The molecule has 2 amide bonds. The fourth-order valence-electron chi connectivity index (χ4n) is 8.29. The number of amides is 2. The second-order valence-electron chi connectivity index (χ2n) is 16.1. The molecule has 68 heavy (non-hydrogen) atoms. The van der Waals surface area contributed by atoms with E-state index in [4.69, 9.17) is 19.7 Å². The van der Waals surface area contributed by atoms with Gasteiger partial charge in [-0.2, -0.15) is 20.2 Å². The van der Waals surface area contributed by atoms with E-state index >= 15 is 0 Å². The molecule has 2 heterocycles. The highest BCUT2D eigenvalue weighted by Crippen LogP contribution is 2.47. The van der Waals surface area contributed by atoms with Crippen molar-refractivity contribution in [3.05, 3.63) is 253 Å². The average Bonchev–Trinajstić information content (AvgIpc) is 3.84. The van der Waals surface area contributed by atoms with E-state index in [1.165, 1.54) is 0 Å². The summed E-state index contributed by atoms with van der Waals surface area (Å²) in [5, 5.41) is 13.0. The van der Waals surface area contributed by atoms with Crippen molar-refractivity contribution in [3.63, 3.8) is 0 Å². The zero-order chi connectivity index (χ0) is 46.8. The molecule has 0 radical (unpaired) electrons. The third-order valence-corrected chi connectivity index (χ3v) is 14.4. The molecular weight excluding hydrogens is 881 g/mol. The number of ether oxygens (including phenoxy) is 2. The normalized spacial score (nSPS) is 17.5. The maximum absolute atomic E-state index is 14.3. The molecule has 8 nitrogen and oxygen atoms in total. The molecule has 0 saturated carbocycles. The van der Waals surface area contributed by atoms with E-state index in [0.717, 1.165) is 66.3 Å². The van der Waals surface area contributed by atoms with Gasteiger partial charge in [-0.1, -0.05) is 133 Å². The van der Waals surface area contributed by atoms with Crippen molar-refractivity contribution < 1.29 is 19.1 Å². The zero-order valence-electron chi connectivity index (χ0n) is 37.6. The first-order valence-electron chi connectivity index (χ1n) is 22.2. The number of methoxy groups -OCH3 is 2. The number of hydrogen-bond donors (Lipinski definition) is 0. The molecule has 8 aromatic rings. The number of anilines is 2. The molecule has 0 fully saturated rings. The van der Waals surface area contributed by atoms with Gasteiger partial charge in [0.25, 0.3) is 11.8 Å². The lowest BCUT2D eigenvalue weighted by atomic mass is 9.89. The molecule has 0 N–H and O–H groups in total. The lowest BCUT2D eigenvalue weighted by Gasteiger charge is -2.29. The molecule has 0 aromatic heterocycles. The Morgan fingerprint density at radius 2 is 0.691 bits per heavy atom. The number of carbonyl (C=O) groups excluding carboxylic acids is 2. The number of rotatable bonds is 14. The number of nitrogens with zero attached hydrogens (tertiary/aromatic N) is 4. The van der Waals surface area contributed by atoms with E-state index in [9.17, 15) is 9.59 Å². The summed E-state index contributed by atoms with van der Waals surface area (Å²) in [7, 11) is 3.29. The number of para-hydroxylation sites is 2. The summed E-state index contributed by atoms with van der Waals surface area (Å²) in [5.41, 5.74) is 6.93. The summed E-state index contributed by atoms with van der Waals surface area (Å²) >= 11 is 3.12. The van der Waals surface area contributed by atoms with Crippen molar-refractivity contribution in [2.75, 3.05) is 24.2 Å². The molecule has 2 atom stereocenters. The predicted molar refractivity (Wildman–Crippen MR) is 277 cm³/mol. The van der Waals surface area contributed by atoms with Gasteiger partial charge in [0.15, 0.2) is 0 Å². The van der Waals surface area contributed by atoms with Gasteiger partial charge in [-0.05, 0) is 108 Å². The molecule has 0 unspecified atom stereocenters. The molecule has 0 bridgehead atoms. The first-order valence-corrected chi connectivity index (χ1v) is 23.8.